The third-order valence-corrected chi connectivity index (χ3v) is 8.61. The topological polar surface area (TPSA) is 196 Å². The molecule has 3 aromatic carbocycles. The fraction of sp³-hybridized carbons (Fsp3) is 0.250. The molecule has 2 heterocycles. The van der Waals surface area contributed by atoms with Crippen molar-refractivity contribution in [3.8, 4) is 5.75 Å². The standard InChI is InChI=1S/C32H32FN5O8S/c1-3-46-20-6-8-25(33)23(16-20)27(36-18-4-7-21-17(14-18)10-12-35-29(21)34)30(39)38-13-11-22(31(40)41)28(38)24-15-19(37-32(42)45-2)5-9-26(24)47(43)44/h4-10,12,14-16,22,27-28,36H,3,11,13H2,1-2H3,(H2,34,35)(H,37,42)(H,40,41)(H,43,44)/p-1/t22-,27+,28+/m0/s1. The van der Waals surface area contributed by atoms with Crippen LogP contribution in [0.3, 0.4) is 0 Å². The fourth-order valence-corrected chi connectivity index (χ4v) is 6.31. The SMILES string of the molecule is CCOc1ccc(F)c([C@@H](Nc2ccc3c(N)nccc3c2)C(=O)N2CC[C@H](C(=O)O)[C@@H]2c2cc(NC(=O)OC)ccc2S(=O)[O-])c1. The van der Waals surface area contributed by atoms with Crippen molar-refractivity contribution in [1.82, 2.24) is 9.88 Å². The van der Waals surface area contributed by atoms with Gasteiger partial charge in [-0.2, -0.15) is 0 Å². The Balaban J connectivity index is 1.63. The van der Waals surface area contributed by atoms with E-state index in [2.05, 4.69) is 20.4 Å². The van der Waals surface area contributed by atoms with E-state index in [1.165, 1.54) is 41.4 Å². The Morgan fingerprint density at radius 3 is 2.62 bits per heavy atom. The molecule has 1 aliphatic rings. The molecule has 5 N–H and O–H groups in total. The number of hydrogen-bond donors (Lipinski definition) is 4. The summed E-state index contributed by atoms with van der Waals surface area (Å²) in [6.45, 7) is 1.93. The minimum atomic E-state index is -2.85. The number of carbonyl (C=O) groups excluding carboxylic acids is 2. The second kappa shape index (κ2) is 14.0. The molecule has 1 unspecified atom stereocenters. The summed E-state index contributed by atoms with van der Waals surface area (Å²) in [4.78, 5) is 44.1. The average molecular weight is 665 g/mol. The lowest BCUT2D eigenvalue weighted by atomic mass is 9.92. The summed E-state index contributed by atoms with van der Waals surface area (Å²) in [6.07, 6.45) is 0.654. The Morgan fingerprint density at radius 1 is 1.15 bits per heavy atom. The van der Waals surface area contributed by atoms with Gasteiger partial charge in [0.2, 0.25) is 5.91 Å². The highest BCUT2D eigenvalue weighted by Gasteiger charge is 2.45. The molecule has 4 aromatic rings. The van der Waals surface area contributed by atoms with Crippen LogP contribution < -0.4 is 21.1 Å². The number of nitrogens with two attached hydrogens (primary N) is 1. The highest BCUT2D eigenvalue weighted by atomic mass is 32.2. The summed E-state index contributed by atoms with van der Waals surface area (Å²) in [5.74, 6) is -3.36. The molecule has 5 rings (SSSR count). The number of benzene rings is 3. The van der Waals surface area contributed by atoms with Crippen LogP contribution in [0.25, 0.3) is 10.8 Å². The molecule has 1 aliphatic heterocycles. The highest BCUT2D eigenvalue weighted by molar-refractivity contribution is 7.79. The molecule has 13 nitrogen and oxygen atoms in total. The van der Waals surface area contributed by atoms with Gasteiger partial charge in [0.25, 0.3) is 0 Å². The normalized spacial score (nSPS) is 17.1. The van der Waals surface area contributed by atoms with E-state index in [4.69, 9.17) is 10.5 Å². The van der Waals surface area contributed by atoms with Gasteiger partial charge in [-0.3, -0.25) is 19.1 Å². The van der Waals surface area contributed by atoms with Crippen LogP contribution in [0.2, 0.25) is 0 Å². The van der Waals surface area contributed by atoms with E-state index in [1.54, 1.807) is 31.2 Å². The number of aromatic nitrogens is 1. The van der Waals surface area contributed by atoms with Crippen LogP contribution >= 0.6 is 0 Å². The highest BCUT2D eigenvalue weighted by Crippen LogP contribution is 2.43. The number of rotatable bonds is 10. The van der Waals surface area contributed by atoms with E-state index in [-0.39, 0.29) is 41.3 Å². The minimum Gasteiger partial charge on any atom is -0.768 e. The van der Waals surface area contributed by atoms with Crippen LogP contribution in [-0.2, 0) is 25.4 Å². The second-order valence-corrected chi connectivity index (χ2v) is 11.5. The first-order chi connectivity index (χ1) is 22.5. The number of carboxylic acid groups (broad SMARTS) is 1. The molecular formula is C32H31FN5O8S-. The molecule has 0 bridgehead atoms. The number of pyridine rings is 1. The van der Waals surface area contributed by atoms with Gasteiger partial charge in [0.05, 0.1) is 25.7 Å². The van der Waals surface area contributed by atoms with Crippen LogP contribution in [0.4, 0.5) is 26.4 Å². The van der Waals surface area contributed by atoms with Gasteiger partial charge >= 0.3 is 12.1 Å². The van der Waals surface area contributed by atoms with Crippen molar-refractivity contribution in [1.29, 1.82) is 0 Å². The van der Waals surface area contributed by atoms with Crippen molar-refractivity contribution in [2.75, 3.05) is 36.6 Å². The van der Waals surface area contributed by atoms with Crippen molar-refractivity contribution in [2.45, 2.75) is 30.3 Å². The number of anilines is 3. The predicted molar refractivity (Wildman–Crippen MR) is 170 cm³/mol. The molecule has 0 spiro atoms. The number of carboxylic acids is 1. The second-order valence-electron chi connectivity index (χ2n) is 10.6. The Morgan fingerprint density at radius 2 is 1.91 bits per heavy atom. The molecule has 1 aromatic heterocycles. The quantitative estimate of drug-likeness (QED) is 0.173. The number of fused-ring (bicyclic) bond motifs is 1. The van der Waals surface area contributed by atoms with Gasteiger partial charge in [-0.1, -0.05) is 0 Å². The molecule has 0 aliphatic carbocycles. The van der Waals surface area contributed by atoms with Crippen LogP contribution in [-0.4, -0.2) is 62.0 Å². The van der Waals surface area contributed by atoms with Gasteiger partial charge < -0.3 is 35.1 Å². The Bertz CT molecular complexity index is 1880. The number of likely N-dealkylation sites (tertiary alicyclic amines) is 1. The molecule has 47 heavy (non-hydrogen) atoms. The number of amides is 2. The molecular weight excluding hydrogens is 633 g/mol. The van der Waals surface area contributed by atoms with E-state index in [0.717, 1.165) is 13.2 Å². The van der Waals surface area contributed by atoms with Crippen molar-refractivity contribution >= 4 is 57.0 Å². The molecule has 15 heteroatoms. The Labute approximate surface area is 271 Å². The van der Waals surface area contributed by atoms with E-state index in [9.17, 15) is 28.3 Å². The van der Waals surface area contributed by atoms with E-state index < -0.39 is 52.9 Å². The maximum atomic E-state index is 15.6. The number of carbonyl (C=O) groups is 3. The van der Waals surface area contributed by atoms with E-state index in [1.807, 2.05) is 0 Å². The summed E-state index contributed by atoms with van der Waals surface area (Å²) in [5, 5.41) is 17.1. The first-order valence-electron chi connectivity index (χ1n) is 14.5. The number of ether oxygens (including phenoxy) is 2. The Kier molecular flexibility index (Phi) is 9.86. The number of nitrogens with one attached hydrogen (secondary N) is 2. The van der Waals surface area contributed by atoms with Crippen molar-refractivity contribution in [2.24, 2.45) is 5.92 Å². The zero-order chi connectivity index (χ0) is 33.8. The lowest BCUT2D eigenvalue weighted by Gasteiger charge is -2.33. The third-order valence-electron chi connectivity index (χ3n) is 7.88. The maximum absolute atomic E-state index is 15.6. The summed E-state index contributed by atoms with van der Waals surface area (Å²) in [6, 6.07) is 11.8. The molecule has 246 valence electrons. The number of nitrogens with zero attached hydrogens (tertiary/aromatic N) is 2. The molecule has 0 radical (unpaired) electrons. The molecule has 1 fully saturated rings. The number of methoxy groups -OCH3 is 1. The number of hydrogen-bond acceptors (Lipinski definition) is 10. The van der Waals surface area contributed by atoms with Crippen LogP contribution in [0, 0.1) is 11.7 Å². The van der Waals surface area contributed by atoms with Crippen molar-refractivity contribution in [3.63, 3.8) is 0 Å². The third kappa shape index (κ3) is 6.95. The summed E-state index contributed by atoms with van der Waals surface area (Å²) < 4.78 is 50.5. The summed E-state index contributed by atoms with van der Waals surface area (Å²) >= 11 is -2.85. The lowest BCUT2D eigenvalue weighted by Crippen LogP contribution is -2.40. The Hall–Kier alpha value is -5.28. The zero-order valence-electron chi connectivity index (χ0n) is 25.3. The smallest absolute Gasteiger partial charge is 0.411 e. The molecule has 0 saturated carbocycles. The van der Waals surface area contributed by atoms with Gasteiger partial charge in [-0.15, -0.1) is 0 Å². The average Bonchev–Trinajstić information content (AvgIpc) is 3.50. The van der Waals surface area contributed by atoms with E-state index in [0.29, 0.717) is 28.0 Å². The van der Waals surface area contributed by atoms with Crippen LogP contribution in [0.1, 0.15) is 36.6 Å². The predicted octanol–water partition coefficient (Wildman–Crippen LogP) is 4.60. The largest absolute Gasteiger partial charge is 0.768 e. The van der Waals surface area contributed by atoms with Gasteiger partial charge in [0, 0.05) is 40.0 Å². The number of halogens is 1. The number of nitrogen functional groups attached to an aromatic ring is 1. The number of aliphatic carboxylic acids is 1. The fourth-order valence-electron chi connectivity index (χ4n) is 5.76. The van der Waals surface area contributed by atoms with Gasteiger partial charge in [-0.05, 0) is 96.0 Å². The summed E-state index contributed by atoms with van der Waals surface area (Å²) in [7, 11) is 1.14. The van der Waals surface area contributed by atoms with Gasteiger partial charge in [-0.25, -0.2) is 14.2 Å². The van der Waals surface area contributed by atoms with Crippen molar-refractivity contribution < 1.29 is 42.1 Å². The zero-order valence-corrected chi connectivity index (χ0v) is 26.1. The maximum Gasteiger partial charge on any atom is 0.411 e. The molecule has 4 atom stereocenters. The van der Waals surface area contributed by atoms with Gasteiger partial charge in [0.1, 0.15) is 23.4 Å². The monoisotopic (exact) mass is 664 g/mol. The van der Waals surface area contributed by atoms with Crippen LogP contribution in [0.5, 0.6) is 5.75 Å². The van der Waals surface area contributed by atoms with Gasteiger partial charge in [0.15, 0.2) is 0 Å². The summed E-state index contributed by atoms with van der Waals surface area (Å²) in [5.41, 5.74) is 6.41. The first-order valence-corrected chi connectivity index (χ1v) is 15.5. The van der Waals surface area contributed by atoms with Crippen LogP contribution in [0.15, 0.2) is 71.8 Å². The first kappa shape index (κ1) is 33.1. The van der Waals surface area contributed by atoms with E-state index >= 15 is 4.39 Å². The van der Waals surface area contributed by atoms with Crippen molar-refractivity contribution in [3.05, 3.63) is 83.8 Å². The molecule has 1 saturated heterocycles. The minimum absolute atomic E-state index is 0.0260. The molecule has 2 amide bonds. The lowest BCUT2D eigenvalue weighted by molar-refractivity contribution is -0.143.